The lowest BCUT2D eigenvalue weighted by Crippen LogP contribution is -2.31. The van der Waals surface area contributed by atoms with Crippen molar-refractivity contribution in [1.82, 2.24) is 10.1 Å². The van der Waals surface area contributed by atoms with E-state index in [0.29, 0.717) is 29.4 Å². The summed E-state index contributed by atoms with van der Waals surface area (Å²) in [6, 6.07) is 11.1. The van der Waals surface area contributed by atoms with E-state index < -0.39 is 5.82 Å². The predicted molar refractivity (Wildman–Crippen MR) is 112 cm³/mol. The number of amides is 1. The zero-order chi connectivity index (χ0) is 22.4. The van der Waals surface area contributed by atoms with E-state index in [1.807, 2.05) is 13.8 Å². The molecule has 8 heteroatoms. The van der Waals surface area contributed by atoms with Crippen LogP contribution in [0, 0.1) is 19.7 Å². The number of para-hydroxylation sites is 1. The number of methoxy groups -OCH3 is 1. The van der Waals surface area contributed by atoms with Crippen molar-refractivity contribution in [2.75, 3.05) is 27.3 Å². The second-order valence-electron chi connectivity index (χ2n) is 6.96. The third-order valence-corrected chi connectivity index (χ3v) is 4.83. The van der Waals surface area contributed by atoms with Crippen molar-refractivity contribution in [3.8, 4) is 17.2 Å². The van der Waals surface area contributed by atoms with Gasteiger partial charge < -0.3 is 23.6 Å². The summed E-state index contributed by atoms with van der Waals surface area (Å²) in [6.07, 6.45) is 0. The van der Waals surface area contributed by atoms with Crippen molar-refractivity contribution in [2.45, 2.75) is 20.5 Å². The van der Waals surface area contributed by atoms with Gasteiger partial charge in [-0.25, -0.2) is 4.39 Å². The molecule has 2 aromatic carbocycles. The maximum absolute atomic E-state index is 13.6. The van der Waals surface area contributed by atoms with E-state index in [1.165, 1.54) is 18.1 Å². The highest BCUT2D eigenvalue weighted by atomic mass is 19.1. The standard InChI is InChI=1S/C23H25FN2O5/c1-15-18(16(2)31-25-15)14-30-21-10-9-17(13-22(21)28-4)23(27)26(3)11-12-29-20-8-6-5-7-19(20)24/h5-10,13H,11-12,14H2,1-4H3. The first kappa shape index (κ1) is 22.1. The van der Waals surface area contributed by atoms with Gasteiger partial charge in [-0.15, -0.1) is 0 Å². The van der Waals surface area contributed by atoms with Crippen LogP contribution in [0.25, 0.3) is 0 Å². The zero-order valence-corrected chi connectivity index (χ0v) is 18.0. The third-order valence-electron chi connectivity index (χ3n) is 4.83. The Balaban J connectivity index is 1.61. The van der Waals surface area contributed by atoms with Crippen LogP contribution in [0.1, 0.15) is 27.4 Å². The van der Waals surface area contributed by atoms with Crippen molar-refractivity contribution >= 4 is 5.91 Å². The summed E-state index contributed by atoms with van der Waals surface area (Å²) >= 11 is 0. The second kappa shape index (κ2) is 9.97. The molecule has 0 aliphatic carbocycles. The lowest BCUT2D eigenvalue weighted by molar-refractivity contribution is 0.0772. The molecular formula is C23H25FN2O5. The normalized spacial score (nSPS) is 10.6. The number of carbonyl (C=O) groups excluding carboxylic acids is 1. The highest BCUT2D eigenvalue weighted by Gasteiger charge is 2.17. The fraction of sp³-hybridized carbons (Fsp3) is 0.304. The van der Waals surface area contributed by atoms with Crippen molar-refractivity contribution in [3.63, 3.8) is 0 Å². The molecule has 7 nitrogen and oxygen atoms in total. The minimum atomic E-state index is -0.437. The predicted octanol–water partition coefficient (Wildman–Crippen LogP) is 4.17. The van der Waals surface area contributed by atoms with Crippen LogP contribution in [0.5, 0.6) is 17.2 Å². The van der Waals surface area contributed by atoms with Crippen molar-refractivity contribution in [1.29, 1.82) is 0 Å². The number of aryl methyl sites for hydroxylation is 2. The van der Waals surface area contributed by atoms with E-state index in [2.05, 4.69) is 5.16 Å². The number of ether oxygens (including phenoxy) is 3. The monoisotopic (exact) mass is 428 g/mol. The molecule has 0 saturated heterocycles. The molecule has 0 atom stereocenters. The van der Waals surface area contributed by atoms with Crippen LogP contribution < -0.4 is 14.2 Å². The summed E-state index contributed by atoms with van der Waals surface area (Å²) in [5.74, 6) is 1.15. The van der Waals surface area contributed by atoms with Crippen LogP contribution in [-0.4, -0.2) is 43.3 Å². The SMILES string of the molecule is COc1cc(C(=O)N(C)CCOc2ccccc2F)ccc1OCc1c(C)noc1C. The Hall–Kier alpha value is -3.55. The molecule has 0 saturated carbocycles. The molecule has 0 fully saturated rings. The molecule has 0 spiro atoms. The number of hydrogen-bond donors (Lipinski definition) is 0. The number of benzene rings is 2. The Bertz CT molecular complexity index is 1030. The zero-order valence-electron chi connectivity index (χ0n) is 18.0. The van der Waals surface area contributed by atoms with Crippen LogP contribution in [0.2, 0.25) is 0 Å². The van der Waals surface area contributed by atoms with E-state index in [-0.39, 0.29) is 24.9 Å². The summed E-state index contributed by atoms with van der Waals surface area (Å²) in [4.78, 5) is 14.2. The van der Waals surface area contributed by atoms with Gasteiger partial charge in [0.1, 0.15) is 19.0 Å². The summed E-state index contributed by atoms with van der Waals surface area (Å²) < 4.78 is 35.4. The average molecular weight is 428 g/mol. The smallest absolute Gasteiger partial charge is 0.253 e. The molecule has 1 aromatic heterocycles. The van der Waals surface area contributed by atoms with Gasteiger partial charge in [-0.1, -0.05) is 17.3 Å². The quantitative estimate of drug-likeness (QED) is 0.509. The largest absolute Gasteiger partial charge is 0.493 e. The molecule has 3 aromatic rings. The molecule has 1 heterocycles. The van der Waals surface area contributed by atoms with Crippen LogP contribution in [-0.2, 0) is 6.61 Å². The maximum Gasteiger partial charge on any atom is 0.253 e. The van der Waals surface area contributed by atoms with Gasteiger partial charge in [-0.2, -0.15) is 0 Å². The van der Waals surface area contributed by atoms with Crippen molar-refractivity contribution in [3.05, 3.63) is 70.9 Å². The Morgan fingerprint density at radius 3 is 2.55 bits per heavy atom. The van der Waals surface area contributed by atoms with Crippen molar-refractivity contribution < 1.29 is 27.9 Å². The Morgan fingerprint density at radius 2 is 1.87 bits per heavy atom. The van der Waals surface area contributed by atoms with Gasteiger partial charge in [0.15, 0.2) is 23.1 Å². The molecule has 0 unspecified atom stereocenters. The molecule has 1 amide bonds. The molecule has 31 heavy (non-hydrogen) atoms. The van der Waals surface area contributed by atoms with Crippen LogP contribution in [0.3, 0.4) is 0 Å². The molecule has 0 radical (unpaired) electrons. The second-order valence-corrected chi connectivity index (χ2v) is 6.96. The summed E-state index contributed by atoms with van der Waals surface area (Å²) in [5.41, 5.74) is 2.08. The van der Waals surface area contributed by atoms with Gasteiger partial charge in [0.25, 0.3) is 5.91 Å². The Morgan fingerprint density at radius 1 is 1.10 bits per heavy atom. The van der Waals surface area contributed by atoms with Crippen molar-refractivity contribution in [2.24, 2.45) is 0 Å². The molecule has 0 N–H and O–H groups in total. The molecular weight excluding hydrogens is 403 g/mol. The molecule has 164 valence electrons. The van der Waals surface area contributed by atoms with E-state index in [4.69, 9.17) is 18.7 Å². The fourth-order valence-corrected chi connectivity index (χ4v) is 2.95. The molecule has 0 bridgehead atoms. The molecule has 3 rings (SSSR count). The van der Waals surface area contributed by atoms with Gasteiger partial charge in [-0.3, -0.25) is 4.79 Å². The van der Waals surface area contributed by atoms with E-state index in [0.717, 1.165) is 11.3 Å². The summed E-state index contributed by atoms with van der Waals surface area (Å²) in [6.45, 7) is 4.40. The lowest BCUT2D eigenvalue weighted by Gasteiger charge is -2.19. The summed E-state index contributed by atoms with van der Waals surface area (Å²) in [7, 11) is 3.17. The van der Waals surface area contributed by atoms with Gasteiger partial charge in [-0.05, 0) is 44.2 Å². The van der Waals surface area contributed by atoms with Crippen LogP contribution in [0.4, 0.5) is 4.39 Å². The average Bonchev–Trinajstić information content (AvgIpc) is 3.10. The van der Waals surface area contributed by atoms with Crippen LogP contribution >= 0.6 is 0 Å². The highest BCUT2D eigenvalue weighted by Crippen LogP contribution is 2.30. The molecule has 0 aliphatic heterocycles. The first-order valence-electron chi connectivity index (χ1n) is 9.76. The number of likely N-dealkylation sites (N-methyl/N-ethyl adjacent to an activating group) is 1. The minimum Gasteiger partial charge on any atom is -0.493 e. The van der Waals surface area contributed by atoms with E-state index >= 15 is 0 Å². The van der Waals surface area contributed by atoms with E-state index in [9.17, 15) is 9.18 Å². The van der Waals surface area contributed by atoms with Gasteiger partial charge in [0.2, 0.25) is 0 Å². The van der Waals surface area contributed by atoms with E-state index in [1.54, 1.807) is 43.4 Å². The number of aromatic nitrogens is 1. The number of rotatable bonds is 9. The maximum atomic E-state index is 13.6. The molecule has 0 aliphatic rings. The number of hydrogen-bond acceptors (Lipinski definition) is 6. The summed E-state index contributed by atoms with van der Waals surface area (Å²) in [5, 5.41) is 3.91. The van der Waals surface area contributed by atoms with Gasteiger partial charge in [0.05, 0.1) is 24.9 Å². The third kappa shape index (κ3) is 5.33. The highest BCUT2D eigenvalue weighted by molar-refractivity contribution is 5.94. The lowest BCUT2D eigenvalue weighted by atomic mass is 10.1. The Kier molecular flexibility index (Phi) is 7.12. The first-order valence-corrected chi connectivity index (χ1v) is 9.76. The van der Waals surface area contributed by atoms with Gasteiger partial charge in [0, 0.05) is 12.6 Å². The number of nitrogens with zero attached hydrogens (tertiary/aromatic N) is 2. The van der Waals surface area contributed by atoms with Crippen LogP contribution in [0.15, 0.2) is 47.0 Å². The topological polar surface area (TPSA) is 74.0 Å². The Labute approximate surface area is 180 Å². The van der Waals surface area contributed by atoms with Gasteiger partial charge >= 0.3 is 0 Å². The fourth-order valence-electron chi connectivity index (χ4n) is 2.95. The first-order chi connectivity index (χ1) is 14.9. The number of halogens is 1. The minimum absolute atomic E-state index is 0.157. The number of carbonyl (C=O) groups is 1.